The van der Waals surface area contributed by atoms with Gasteiger partial charge in [-0.1, -0.05) is 35.9 Å². The van der Waals surface area contributed by atoms with Crippen molar-refractivity contribution in [2.24, 2.45) is 0 Å². The number of carbonyl (C=O) groups excluding carboxylic acids is 1. The summed E-state index contributed by atoms with van der Waals surface area (Å²) < 4.78 is 10.8. The zero-order valence-corrected chi connectivity index (χ0v) is 18.6. The van der Waals surface area contributed by atoms with Crippen molar-refractivity contribution in [1.29, 1.82) is 0 Å². The number of anilines is 2. The van der Waals surface area contributed by atoms with Crippen LogP contribution in [0.2, 0.25) is 5.02 Å². The summed E-state index contributed by atoms with van der Waals surface area (Å²) in [4.78, 5) is 15.0. The smallest absolute Gasteiger partial charge is 0.261 e. The highest BCUT2D eigenvalue weighted by Gasteiger charge is 2.17. The lowest BCUT2D eigenvalue weighted by Gasteiger charge is -2.29. The van der Waals surface area contributed by atoms with Gasteiger partial charge < -0.3 is 19.7 Å². The highest BCUT2D eigenvalue weighted by atomic mass is 35.5. The number of thiocarbonyl (C=S) groups is 1. The van der Waals surface area contributed by atoms with Gasteiger partial charge in [0.15, 0.2) is 5.11 Å². The van der Waals surface area contributed by atoms with E-state index in [9.17, 15) is 4.79 Å². The Hall–Kier alpha value is -2.87. The van der Waals surface area contributed by atoms with Crippen LogP contribution in [0.4, 0.5) is 11.4 Å². The number of rotatable bonds is 4. The molecule has 0 atom stereocenters. The molecule has 1 heterocycles. The van der Waals surface area contributed by atoms with Gasteiger partial charge in [-0.2, -0.15) is 0 Å². The SMILES string of the molecule is COc1cc2ccccc2cc1C(=O)NC(=S)Nc1ccc(N2CCOCC2)c(Cl)c1. The minimum absolute atomic E-state index is 0.176. The molecule has 1 aliphatic heterocycles. The number of hydrogen-bond donors (Lipinski definition) is 2. The summed E-state index contributed by atoms with van der Waals surface area (Å²) >= 11 is 11.8. The summed E-state index contributed by atoms with van der Waals surface area (Å²) in [6.07, 6.45) is 0. The molecule has 4 rings (SSSR count). The van der Waals surface area contributed by atoms with Crippen LogP contribution in [0.25, 0.3) is 10.8 Å². The number of benzene rings is 3. The van der Waals surface area contributed by atoms with Gasteiger partial charge in [0.25, 0.3) is 5.91 Å². The standard InChI is InChI=1S/C23H22ClN3O3S/c1-29-21-13-16-5-3-2-4-15(16)12-18(21)22(28)26-23(31)25-17-6-7-20(19(24)14-17)27-8-10-30-11-9-27/h2-7,12-14H,8-11H2,1H3,(H2,25,26,28,31). The van der Waals surface area contributed by atoms with Crippen LogP contribution in [-0.2, 0) is 4.74 Å². The van der Waals surface area contributed by atoms with Crippen molar-refractivity contribution in [2.45, 2.75) is 0 Å². The van der Waals surface area contributed by atoms with Gasteiger partial charge in [-0.05, 0) is 53.3 Å². The fourth-order valence-corrected chi connectivity index (χ4v) is 4.05. The minimum atomic E-state index is -0.351. The van der Waals surface area contributed by atoms with Gasteiger partial charge >= 0.3 is 0 Å². The summed E-state index contributed by atoms with van der Waals surface area (Å²) in [5.74, 6) is 0.132. The number of nitrogens with one attached hydrogen (secondary N) is 2. The zero-order valence-electron chi connectivity index (χ0n) is 17.0. The Labute approximate surface area is 191 Å². The molecule has 0 unspecified atom stereocenters. The predicted molar refractivity (Wildman–Crippen MR) is 129 cm³/mol. The molecule has 1 fully saturated rings. The molecule has 0 spiro atoms. The second-order valence-electron chi connectivity index (χ2n) is 7.07. The zero-order chi connectivity index (χ0) is 21.8. The minimum Gasteiger partial charge on any atom is -0.496 e. The number of amides is 1. The van der Waals surface area contributed by atoms with E-state index in [1.54, 1.807) is 12.1 Å². The normalized spacial score (nSPS) is 13.7. The first-order valence-electron chi connectivity index (χ1n) is 9.86. The van der Waals surface area contributed by atoms with Crippen LogP contribution in [0.5, 0.6) is 5.75 Å². The first kappa shape index (κ1) is 21.4. The maximum Gasteiger partial charge on any atom is 0.261 e. The molecule has 0 saturated carbocycles. The van der Waals surface area contributed by atoms with E-state index in [1.165, 1.54) is 7.11 Å². The molecule has 2 N–H and O–H groups in total. The van der Waals surface area contributed by atoms with Crippen LogP contribution in [0.3, 0.4) is 0 Å². The molecule has 31 heavy (non-hydrogen) atoms. The van der Waals surface area contributed by atoms with Crippen molar-refractivity contribution >= 4 is 57.0 Å². The highest BCUT2D eigenvalue weighted by Crippen LogP contribution is 2.30. The third-order valence-corrected chi connectivity index (χ3v) is 5.60. The Morgan fingerprint density at radius 3 is 2.48 bits per heavy atom. The lowest BCUT2D eigenvalue weighted by molar-refractivity contribution is 0.0975. The maximum absolute atomic E-state index is 12.8. The third-order valence-electron chi connectivity index (χ3n) is 5.10. The van der Waals surface area contributed by atoms with Crippen LogP contribution >= 0.6 is 23.8 Å². The van der Waals surface area contributed by atoms with Gasteiger partial charge in [0.05, 0.1) is 36.6 Å². The van der Waals surface area contributed by atoms with Crippen molar-refractivity contribution in [3.8, 4) is 5.75 Å². The van der Waals surface area contributed by atoms with Crippen LogP contribution in [0.15, 0.2) is 54.6 Å². The Morgan fingerprint density at radius 1 is 1.10 bits per heavy atom. The van der Waals surface area contributed by atoms with Crippen LogP contribution < -0.4 is 20.3 Å². The number of carbonyl (C=O) groups is 1. The molecule has 0 bridgehead atoms. The van der Waals surface area contributed by atoms with Crippen molar-refractivity contribution in [3.63, 3.8) is 0 Å². The number of morpholine rings is 1. The van der Waals surface area contributed by atoms with Gasteiger partial charge in [-0.3, -0.25) is 10.1 Å². The molecule has 1 saturated heterocycles. The van der Waals surface area contributed by atoms with E-state index >= 15 is 0 Å². The quantitative estimate of drug-likeness (QED) is 0.566. The van der Waals surface area contributed by atoms with E-state index in [4.69, 9.17) is 33.3 Å². The Morgan fingerprint density at radius 2 is 1.81 bits per heavy atom. The van der Waals surface area contributed by atoms with E-state index in [2.05, 4.69) is 15.5 Å². The predicted octanol–water partition coefficient (Wildman–Crippen LogP) is 4.47. The average molecular weight is 456 g/mol. The van der Waals surface area contributed by atoms with Crippen LogP contribution in [-0.4, -0.2) is 44.4 Å². The van der Waals surface area contributed by atoms with E-state index < -0.39 is 0 Å². The van der Waals surface area contributed by atoms with Crippen molar-refractivity contribution in [1.82, 2.24) is 5.32 Å². The second-order valence-corrected chi connectivity index (χ2v) is 7.89. The van der Waals surface area contributed by atoms with Crippen molar-refractivity contribution < 1.29 is 14.3 Å². The first-order valence-corrected chi connectivity index (χ1v) is 10.6. The number of fused-ring (bicyclic) bond motifs is 1. The molecular weight excluding hydrogens is 434 g/mol. The van der Waals surface area contributed by atoms with Gasteiger partial charge in [0.2, 0.25) is 0 Å². The van der Waals surface area contributed by atoms with Crippen molar-refractivity contribution in [3.05, 3.63) is 65.2 Å². The van der Waals surface area contributed by atoms with Gasteiger partial charge in [0.1, 0.15) is 5.75 Å². The number of methoxy groups -OCH3 is 1. The Kier molecular flexibility index (Phi) is 6.56. The summed E-state index contributed by atoms with van der Waals surface area (Å²) in [5.41, 5.74) is 2.05. The lowest BCUT2D eigenvalue weighted by atomic mass is 10.1. The summed E-state index contributed by atoms with van der Waals surface area (Å²) in [7, 11) is 1.54. The molecule has 1 aliphatic rings. The molecule has 6 nitrogen and oxygen atoms in total. The van der Waals surface area contributed by atoms with Gasteiger partial charge in [-0.15, -0.1) is 0 Å². The van der Waals surface area contributed by atoms with E-state index in [-0.39, 0.29) is 11.0 Å². The number of hydrogen-bond acceptors (Lipinski definition) is 5. The molecule has 160 valence electrons. The third kappa shape index (κ3) is 4.90. The molecule has 3 aromatic carbocycles. The monoisotopic (exact) mass is 455 g/mol. The van der Waals surface area contributed by atoms with Gasteiger partial charge in [0, 0.05) is 18.8 Å². The Balaban J connectivity index is 1.45. The maximum atomic E-state index is 12.8. The number of halogens is 1. The molecule has 0 aliphatic carbocycles. The van der Waals surface area contributed by atoms with E-state index in [0.29, 0.717) is 35.2 Å². The lowest BCUT2D eigenvalue weighted by Crippen LogP contribution is -2.36. The largest absolute Gasteiger partial charge is 0.496 e. The average Bonchev–Trinajstić information content (AvgIpc) is 2.78. The summed E-state index contributed by atoms with van der Waals surface area (Å²) in [6.45, 7) is 2.97. The second kappa shape index (κ2) is 9.51. The molecule has 3 aromatic rings. The molecule has 0 aromatic heterocycles. The molecule has 8 heteroatoms. The number of ether oxygens (including phenoxy) is 2. The topological polar surface area (TPSA) is 62.8 Å². The van der Waals surface area contributed by atoms with Gasteiger partial charge in [-0.25, -0.2) is 0 Å². The fourth-order valence-electron chi connectivity index (χ4n) is 3.54. The number of nitrogens with zero attached hydrogens (tertiary/aromatic N) is 1. The first-order chi connectivity index (χ1) is 15.0. The summed E-state index contributed by atoms with van der Waals surface area (Å²) in [5, 5.41) is 8.45. The van der Waals surface area contributed by atoms with Crippen LogP contribution in [0, 0.1) is 0 Å². The highest BCUT2D eigenvalue weighted by molar-refractivity contribution is 7.80. The fraction of sp³-hybridized carbons (Fsp3) is 0.217. The van der Waals surface area contributed by atoms with E-state index in [1.807, 2.05) is 42.5 Å². The summed E-state index contributed by atoms with van der Waals surface area (Å²) in [6, 6.07) is 17.0. The van der Waals surface area contributed by atoms with Crippen molar-refractivity contribution in [2.75, 3.05) is 43.6 Å². The molecule has 1 amide bonds. The molecule has 0 radical (unpaired) electrons. The molecular formula is C23H22ClN3O3S. The van der Waals surface area contributed by atoms with E-state index in [0.717, 1.165) is 29.5 Å². The Bertz CT molecular complexity index is 1130. The van der Waals surface area contributed by atoms with Crippen LogP contribution in [0.1, 0.15) is 10.4 Å².